The van der Waals surface area contributed by atoms with E-state index in [1.54, 1.807) is 24.3 Å². The molecule has 1 aromatic heterocycles. The zero-order valence-electron chi connectivity index (χ0n) is 15.3. The number of thioether (sulfide) groups is 1. The second-order valence-corrected chi connectivity index (χ2v) is 6.86. The van der Waals surface area contributed by atoms with Gasteiger partial charge < -0.3 is 10.5 Å². The van der Waals surface area contributed by atoms with Crippen LogP contribution in [0.1, 0.15) is 47.7 Å². The van der Waals surface area contributed by atoms with Gasteiger partial charge in [-0.15, -0.1) is 11.8 Å². The standard InChI is InChI=1S/C20H20N4O2S/c1-3-4-5-10-27-19-16(12-22)17(15(11-21)18(23)24-19)13-6-8-14(9-7-13)20(25)26-2/h6-9H,3-5,10H2,1-2H3,(H2,23,24). The summed E-state index contributed by atoms with van der Waals surface area (Å²) in [6, 6.07) is 10.8. The highest BCUT2D eigenvalue weighted by atomic mass is 32.2. The number of anilines is 1. The molecule has 0 amide bonds. The Morgan fingerprint density at radius 1 is 1.19 bits per heavy atom. The van der Waals surface area contributed by atoms with Crippen LogP contribution >= 0.6 is 11.8 Å². The number of hydrogen-bond acceptors (Lipinski definition) is 7. The Bertz CT molecular complexity index is 912. The SMILES string of the molecule is CCCCCSc1nc(N)c(C#N)c(-c2ccc(C(=O)OC)cc2)c1C#N. The minimum atomic E-state index is -0.455. The molecule has 0 atom stereocenters. The van der Waals surface area contributed by atoms with Crippen molar-refractivity contribution in [2.75, 3.05) is 18.6 Å². The lowest BCUT2D eigenvalue weighted by atomic mass is 9.96. The highest BCUT2D eigenvalue weighted by Gasteiger charge is 2.20. The van der Waals surface area contributed by atoms with Gasteiger partial charge in [-0.3, -0.25) is 0 Å². The van der Waals surface area contributed by atoms with Crippen LogP contribution in [0.2, 0.25) is 0 Å². The maximum absolute atomic E-state index is 11.6. The quantitative estimate of drug-likeness (QED) is 0.436. The van der Waals surface area contributed by atoms with E-state index in [-0.39, 0.29) is 11.4 Å². The molecule has 0 aliphatic rings. The van der Waals surface area contributed by atoms with Gasteiger partial charge >= 0.3 is 5.97 Å². The maximum Gasteiger partial charge on any atom is 0.337 e. The van der Waals surface area contributed by atoms with E-state index >= 15 is 0 Å². The van der Waals surface area contributed by atoms with Crippen LogP contribution in [0.3, 0.4) is 0 Å². The van der Waals surface area contributed by atoms with Crippen LogP contribution in [-0.4, -0.2) is 23.8 Å². The van der Waals surface area contributed by atoms with Crippen molar-refractivity contribution in [3.8, 4) is 23.3 Å². The van der Waals surface area contributed by atoms with Gasteiger partial charge in [0, 0.05) is 5.56 Å². The summed E-state index contributed by atoms with van der Waals surface area (Å²) in [7, 11) is 1.31. The highest BCUT2D eigenvalue weighted by molar-refractivity contribution is 7.99. The first-order chi connectivity index (χ1) is 13.1. The fraction of sp³-hybridized carbons (Fsp3) is 0.300. The number of ether oxygens (including phenoxy) is 1. The van der Waals surface area contributed by atoms with Gasteiger partial charge in [0.05, 0.1) is 18.2 Å². The number of carbonyl (C=O) groups excluding carboxylic acids is 1. The molecule has 0 radical (unpaired) electrons. The first kappa shape index (κ1) is 20.3. The normalized spacial score (nSPS) is 10.1. The fourth-order valence-electron chi connectivity index (χ4n) is 2.60. The van der Waals surface area contributed by atoms with Crippen molar-refractivity contribution < 1.29 is 9.53 Å². The third-order valence-electron chi connectivity index (χ3n) is 4.00. The number of esters is 1. The van der Waals surface area contributed by atoms with E-state index in [0.717, 1.165) is 25.0 Å². The van der Waals surface area contributed by atoms with Gasteiger partial charge in [0.2, 0.25) is 0 Å². The smallest absolute Gasteiger partial charge is 0.337 e. The van der Waals surface area contributed by atoms with Crippen LogP contribution in [0.5, 0.6) is 0 Å². The molecular formula is C20H20N4O2S. The summed E-state index contributed by atoms with van der Waals surface area (Å²) < 4.78 is 4.70. The molecule has 0 fully saturated rings. The Hall–Kier alpha value is -3.03. The van der Waals surface area contributed by atoms with E-state index < -0.39 is 5.97 Å². The molecule has 2 aromatic rings. The largest absolute Gasteiger partial charge is 0.465 e. The fourth-order valence-corrected chi connectivity index (χ4v) is 3.60. The van der Waals surface area contributed by atoms with Gasteiger partial charge in [0.15, 0.2) is 0 Å². The van der Waals surface area contributed by atoms with Crippen molar-refractivity contribution in [2.45, 2.75) is 31.2 Å². The molecule has 27 heavy (non-hydrogen) atoms. The summed E-state index contributed by atoms with van der Waals surface area (Å²) in [5.74, 6) is 0.465. The Labute approximate surface area is 163 Å². The number of nitrogens with zero attached hydrogens (tertiary/aromatic N) is 3. The van der Waals surface area contributed by atoms with Crippen LogP contribution in [0.15, 0.2) is 29.3 Å². The molecule has 0 bridgehead atoms. The predicted octanol–water partition coefficient (Wildman–Crippen LogP) is 4.14. The molecule has 2 N–H and O–H groups in total. The maximum atomic E-state index is 11.6. The van der Waals surface area contributed by atoms with E-state index in [0.29, 0.717) is 27.3 Å². The second-order valence-electron chi connectivity index (χ2n) is 5.78. The van der Waals surface area contributed by atoms with Crippen molar-refractivity contribution in [1.82, 2.24) is 4.98 Å². The highest BCUT2D eigenvalue weighted by Crippen LogP contribution is 2.36. The molecule has 2 rings (SSSR count). The van der Waals surface area contributed by atoms with Gasteiger partial charge in [0.1, 0.15) is 28.5 Å². The monoisotopic (exact) mass is 380 g/mol. The number of pyridine rings is 1. The lowest BCUT2D eigenvalue weighted by Gasteiger charge is -2.13. The number of aromatic nitrogens is 1. The zero-order chi connectivity index (χ0) is 19.8. The molecule has 1 heterocycles. The number of methoxy groups -OCH3 is 1. The zero-order valence-corrected chi connectivity index (χ0v) is 16.1. The van der Waals surface area contributed by atoms with Crippen molar-refractivity contribution in [3.05, 3.63) is 41.0 Å². The summed E-state index contributed by atoms with van der Waals surface area (Å²) in [4.78, 5) is 15.9. The lowest BCUT2D eigenvalue weighted by Crippen LogP contribution is -2.04. The van der Waals surface area contributed by atoms with E-state index in [1.165, 1.54) is 18.9 Å². The summed E-state index contributed by atoms with van der Waals surface area (Å²) in [5, 5.41) is 19.8. The molecule has 0 aliphatic carbocycles. The van der Waals surface area contributed by atoms with Crippen LogP contribution in [0, 0.1) is 22.7 Å². The molecule has 0 saturated carbocycles. The Kier molecular flexibility index (Phi) is 7.22. The lowest BCUT2D eigenvalue weighted by molar-refractivity contribution is 0.0601. The molecule has 1 aromatic carbocycles. The van der Waals surface area contributed by atoms with Crippen molar-refractivity contribution in [3.63, 3.8) is 0 Å². The van der Waals surface area contributed by atoms with Crippen LogP contribution in [-0.2, 0) is 4.74 Å². The third-order valence-corrected chi connectivity index (χ3v) is 5.06. The number of benzene rings is 1. The van der Waals surface area contributed by atoms with Gasteiger partial charge in [-0.1, -0.05) is 31.9 Å². The van der Waals surface area contributed by atoms with Gasteiger partial charge in [-0.25, -0.2) is 9.78 Å². The second kappa shape index (κ2) is 9.61. The van der Waals surface area contributed by atoms with Crippen LogP contribution in [0.25, 0.3) is 11.1 Å². The minimum Gasteiger partial charge on any atom is -0.465 e. The average Bonchev–Trinajstić information content (AvgIpc) is 2.70. The Morgan fingerprint density at radius 3 is 2.41 bits per heavy atom. The van der Waals surface area contributed by atoms with E-state index in [2.05, 4.69) is 18.0 Å². The molecule has 0 unspecified atom stereocenters. The van der Waals surface area contributed by atoms with Crippen LogP contribution < -0.4 is 5.73 Å². The predicted molar refractivity (Wildman–Crippen MR) is 105 cm³/mol. The van der Waals surface area contributed by atoms with Gasteiger partial charge in [-0.05, 0) is 29.9 Å². The van der Waals surface area contributed by atoms with Gasteiger partial charge in [-0.2, -0.15) is 10.5 Å². The number of hydrogen-bond donors (Lipinski definition) is 1. The average molecular weight is 380 g/mol. The summed E-state index contributed by atoms with van der Waals surface area (Å²) in [6.45, 7) is 2.12. The molecule has 6 nitrogen and oxygen atoms in total. The molecule has 7 heteroatoms. The number of unbranched alkanes of at least 4 members (excludes halogenated alkanes) is 2. The Morgan fingerprint density at radius 2 is 1.85 bits per heavy atom. The number of nitrogens with two attached hydrogens (primary N) is 1. The first-order valence-corrected chi connectivity index (χ1v) is 9.51. The topological polar surface area (TPSA) is 113 Å². The van der Waals surface area contributed by atoms with E-state index in [9.17, 15) is 15.3 Å². The molecule has 0 aliphatic heterocycles. The number of rotatable bonds is 7. The minimum absolute atomic E-state index is 0.0986. The van der Waals surface area contributed by atoms with Crippen LogP contribution in [0.4, 0.5) is 5.82 Å². The van der Waals surface area contributed by atoms with Crippen molar-refractivity contribution in [2.24, 2.45) is 0 Å². The molecule has 138 valence electrons. The van der Waals surface area contributed by atoms with E-state index in [1.807, 2.05) is 6.07 Å². The van der Waals surface area contributed by atoms with Crippen molar-refractivity contribution in [1.29, 1.82) is 10.5 Å². The van der Waals surface area contributed by atoms with E-state index in [4.69, 9.17) is 10.5 Å². The molecular weight excluding hydrogens is 360 g/mol. The Balaban J connectivity index is 2.53. The van der Waals surface area contributed by atoms with Gasteiger partial charge in [0.25, 0.3) is 0 Å². The third kappa shape index (κ3) is 4.58. The summed E-state index contributed by atoms with van der Waals surface area (Å²) in [5.41, 5.74) is 7.94. The number of carbonyl (C=O) groups is 1. The number of nitriles is 2. The summed E-state index contributed by atoms with van der Waals surface area (Å²) >= 11 is 1.47. The first-order valence-electron chi connectivity index (χ1n) is 8.52. The summed E-state index contributed by atoms with van der Waals surface area (Å²) in [6.07, 6.45) is 3.21. The number of nitrogen functional groups attached to an aromatic ring is 1. The van der Waals surface area contributed by atoms with Crippen molar-refractivity contribution >= 4 is 23.5 Å². The molecule has 0 saturated heterocycles. The molecule has 0 spiro atoms.